The molecule has 0 spiro atoms. The lowest BCUT2D eigenvalue weighted by Gasteiger charge is -2.18. The fourth-order valence-corrected chi connectivity index (χ4v) is 2.75. The topological polar surface area (TPSA) is 30.0 Å². The number of halogens is 1. The molecule has 0 aliphatic heterocycles. The molecule has 0 N–H and O–H groups in total. The summed E-state index contributed by atoms with van der Waals surface area (Å²) < 4.78 is 0. The smallest absolute Gasteiger partial charge is 0.181 e. The number of benzene rings is 1. The molecule has 0 bridgehead atoms. The Balaban J connectivity index is 2.43. The van der Waals surface area contributed by atoms with Crippen molar-refractivity contribution in [3.05, 3.63) is 40.0 Å². The maximum atomic E-state index is 11.9. The van der Waals surface area contributed by atoms with Crippen molar-refractivity contribution in [1.29, 1.82) is 0 Å². The van der Waals surface area contributed by atoms with Crippen LogP contribution in [0, 0.1) is 6.92 Å². The first-order valence-corrected chi connectivity index (χ1v) is 6.17. The van der Waals surface area contributed by atoms with Crippen molar-refractivity contribution in [1.82, 2.24) is 4.98 Å². The first-order valence-electron chi connectivity index (χ1n) is 5.79. The van der Waals surface area contributed by atoms with E-state index in [-0.39, 0.29) is 5.78 Å². The van der Waals surface area contributed by atoms with Crippen LogP contribution in [0.2, 0.25) is 5.02 Å². The Bertz CT molecular complexity index is 634. The average Bonchev–Trinajstić information content (AvgIpc) is 2.32. The van der Waals surface area contributed by atoms with Crippen LogP contribution in [0.3, 0.4) is 0 Å². The van der Waals surface area contributed by atoms with Gasteiger partial charge in [0.1, 0.15) is 5.69 Å². The Labute approximate surface area is 105 Å². The molecule has 2 nitrogen and oxygen atoms in total. The summed E-state index contributed by atoms with van der Waals surface area (Å²) in [4.78, 5) is 16.4. The van der Waals surface area contributed by atoms with Gasteiger partial charge in [0.2, 0.25) is 0 Å². The van der Waals surface area contributed by atoms with Crippen LogP contribution in [-0.4, -0.2) is 10.8 Å². The van der Waals surface area contributed by atoms with E-state index >= 15 is 0 Å². The lowest BCUT2D eigenvalue weighted by atomic mass is 9.90. The predicted octanol–water partition coefficient (Wildman–Crippen LogP) is 3.72. The second-order valence-electron chi connectivity index (χ2n) is 4.48. The number of pyridine rings is 1. The Morgan fingerprint density at radius 3 is 2.94 bits per heavy atom. The molecule has 1 aromatic heterocycles. The molecule has 3 heteroatoms. The molecule has 86 valence electrons. The highest BCUT2D eigenvalue weighted by Crippen LogP contribution is 2.31. The zero-order chi connectivity index (χ0) is 12.0. The molecule has 17 heavy (non-hydrogen) atoms. The number of hydrogen-bond donors (Lipinski definition) is 0. The highest BCUT2D eigenvalue weighted by molar-refractivity contribution is 6.35. The summed E-state index contributed by atoms with van der Waals surface area (Å²) in [6.45, 7) is 2.05. The molecule has 1 aliphatic rings. The van der Waals surface area contributed by atoms with Crippen molar-refractivity contribution in [3.8, 4) is 0 Å². The molecule has 2 aromatic rings. The number of rotatable bonds is 0. The molecule has 0 amide bonds. The summed E-state index contributed by atoms with van der Waals surface area (Å²) in [6.07, 6.45) is 2.48. The van der Waals surface area contributed by atoms with Crippen LogP contribution in [0.5, 0.6) is 0 Å². The van der Waals surface area contributed by atoms with Gasteiger partial charge in [0, 0.05) is 11.8 Å². The van der Waals surface area contributed by atoms with Crippen molar-refractivity contribution < 1.29 is 4.79 Å². The maximum Gasteiger partial charge on any atom is 0.181 e. The second kappa shape index (κ2) is 3.81. The minimum atomic E-state index is 0.149. The molecule has 1 aliphatic carbocycles. The van der Waals surface area contributed by atoms with Crippen LogP contribution >= 0.6 is 11.6 Å². The summed E-state index contributed by atoms with van der Waals surface area (Å²) in [5.74, 6) is 0.149. The number of aryl methyl sites for hydroxylation is 1. The lowest BCUT2D eigenvalue weighted by Crippen LogP contribution is -2.15. The van der Waals surface area contributed by atoms with Crippen LogP contribution in [0.25, 0.3) is 10.9 Å². The molecule has 0 fully saturated rings. The van der Waals surface area contributed by atoms with Gasteiger partial charge in [-0.1, -0.05) is 23.7 Å². The number of fused-ring (bicyclic) bond motifs is 2. The number of nitrogens with zero attached hydrogens (tertiary/aromatic N) is 1. The Kier molecular flexibility index (Phi) is 2.40. The third-order valence-electron chi connectivity index (χ3n) is 3.45. The first kappa shape index (κ1) is 10.7. The zero-order valence-electron chi connectivity index (χ0n) is 9.59. The number of aromatic nitrogens is 1. The van der Waals surface area contributed by atoms with Gasteiger partial charge >= 0.3 is 0 Å². The lowest BCUT2D eigenvalue weighted by molar-refractivity contribution is 0.0967. The fraction of sp³-hybridized carbons (Fsp3) is 0.286. The van der Waals surface area contributed by atoms with E-state index in [0.717, 1.165) is 34.9 Å². The highest BCUT2D eigenvalue weighted by atomic mass is 35.5. The van der Waals surface area contributed by atoms with E-state index in [9.17, 15) is 4.79 Å². The normalized spacial score (nSPS) is 15.1. The molecular formula is C14H12ClNO. The molecular weight excluding hydrogens is 234 g/mol. The van der Waals surface area contributed by atoms with Gasteiger partial charge in [0.25, 0.3) is 0 Å². The molecule has 0 saturated carbocycles. The number of Topliss-reactive ketones (excluding diaryl/α,β-unsaturated/α-hetero) is 1. The number of hydrogen-bond acceptors (Lipinski definition) is 2. The molecule has 0 atom stereocenters. The fourth-order valence-electron chi connectivity index (χ4n) is 2.53. The summed E-state index contributed by atoms with van der Waals surface area (Å²) in [5.41, 5.74) is 3.64. The van der Waals surface area contributed by atoms with E-state index in [2.05, 4.69) is 11.9 Å². The van der Waals surface area contributed by atoms with E-state index < -0.39 is 0 Å². The van der Waals surface area contributed by atoms with Gasteiger partial charge in [-0.2, -0.15) is 0 Å². The Morgan fingerprint density at radius 1 is 1.29 bits per heavy atom. The number of carbonyl (C=O) groups excluding carboxylic acids is 1. The van der Waals surface area contributed by atoms with Crippen LogP contribution in [-0.2, 0) is 6.42 Å². The van der Waals surface area contributed by atoms with Crippen molar-refractivity contribution in [2.75, 3.05) is 0 Å². The molecule has 3 rings (SSSR count). The summed E-state index contributed by atoms with van der Waals surface area (Å²) in [6, 6.07) is 5.76. The van der Waals surface area contributed by atoms with E-state index in [4.69, 9.17) is 11.6 Å². The van der Waals surface area contributed by atoms with Crippen LogP contribution in [0.1, 0.15) is 34.5 Å². The molecule has 1 aromatic carbocycles. The van der Waals surface area contributed by atoms with Gasteiger partial charge in [-0.05, 0) is 37.0 Å². The predicted molar refractivity (Wildman–Crippen MR) is 68.8 cm³/mol. The Hall–Kier alpha value is -1.41. The van der Waals surface area contributed by atoms with Crippen molar-refractivity contribution in [2.45, 2.75) is 26.2 Å². The highest BCUT2D eigenvalue weighted by Gasteiger charge is 2.22. The van der Waals surface area contributed by atoms with E-state index in [0.29, 0.717) is 17.1 Å². The zero-order valence-corrected chi connectivity index (χ0v) is 10.3. The van der Waals surface area contributed by atoms with Gasteiger partial charge in [0.05, 0.1) is 10.5 Å². The van der Waals surface area contributed by atoms with Gasteiger partial charge in [-0.25, -0.2) is 4.98 Å². The van der Waals surface area contributed by atoms with E-state index in [1.807, 2.05) is 18.2 Å². The van der Waals surface area contributed by atoms with E-state index in [1.165, 1.54) is 0 Å². The third kappa shape index (κ3) is 1.55. The van der Waals surface area contributed by atoms with Gasteiger partial charge in [0.15, 0.2) is 5.78 Å². The number of carbonyl (C=O) groups is 1. The molecule has 0 radical (unpaired) electrons. The second-order valence-corrected chi connectivity index (χ2v) is 4.88. The maximum absolute atomic E-state index is 11.9. The van der Waals surface area contributed by atoms with Crippen molar-refractivity contribution in [2.24, 2.45) is 0 Å². The van der Waals surface area contributed by atoms with Gasteiger partial charge < -0.3 is 0 Å². The van der Waals surface area contributed by atoms with Crippen molar-refractivity contribution >= 4 is 28.3 Å². The number of para-hydroxylation sites is 1. The van der Waals surface area contributed by atoms with Crippen LogP contribution in [0.15, 0.2) is 18.2 Å². The minimum absolute atomic E-state index is 0.149. The van der Waals surface area contributed by atoms with Crippen LogP contribution < -0.4 is 0 Å². The third-order valence-corrected chi connectivity index (χ3v) is 3.75. The van der Waals surface area contributed by atoms with Gasteiger partial charge in [-0.15, -0.1) is 0 Å². The number of ketones is 1. The Morgan fingerprint density at radius 2 is 2.12 bits per heavy atom. The summed E-state index contributed by atoms with van der Waals surface area (Å²) in [7, 11) is 0. The summed E-state index contributed by atoms with van der Waals surface area (Å²) in [5, 5.41) is 1.68. The standard InChI is InChI=1S/C14H12ClNO/c1-8-9-4-2-6-11(15)13(9)16-14-10(8)5-3-7-12(14)17/h2,4,6H,3,5,7H2,1H3. The first-order chi connectivity index (χ1) is 8.18. The SMILES string of the molecule is Cc1c2c(nc3c(Cl)cccc13)C(=O)CCC2. The van der Waals surface area contributed by atoms with Crippen molar-refractivity contribution in [3.63, 3.8) is 0 Å². The molecule has 0 saturated heterocycles. The largest absolute Gasteiger partial charge is 0.292 e. The van der Waals surface area contributed by atoms with E-state index in [1.54, 1.807) is 0 Å². The monoisotopic (exact) mass is 245 g/mol. The molecule has 0 unspecified atom stereocenters. The average molecular weight is 246 g/mol. The van der Waals surface area contributed by atoms with Crippen LogP contribution in [0.4, 0.5) is 0 Å². The minimum Gasteiger partial charge on any atom is -0.292 e. The molecule has 1 heterocycles. The van der Waals surface area contributed by atoms with Gasteiger partial charge in [-0.3, -0.25) is 4.79 Å². The summed E-state index contributed by atoms with van der Waals surface area (Å²) >= 11 is 6.15. The quantitative estimate of drug-likeness (QED) is 0.708.